The minimum Gasteiger partial charge on any atom is -0.489 e. The second kappa shape index (κ2) is 11.9. The topological polar surface area (TPSA) is 78.0 Å². The third kappa shape index (κ3) is 7.14. The number of halogens is 1. The van der Waals surface area contributed by atoms with Gasteiger partial charge in [0.1, 0.15) is 17.7 Å². The number of anilines is 1. The average Bonchev–Trinajstić information content (AvgIpc) is 3.34. The van der Waals surface area contributed by atoms with E-state index < -0.39 is 0 Å². The summed E-state index contributed by atoms with van der Waals surface area (Å²) in [5, 5.41) is 9.50. The maximum absolute atomic E-state index is 13.4. The molecule has 1 aliphatic rings. The van der Waals surface area contributed by atoms with E-state index >= 15 is 0 Å². The first-order valence-corrected chi connectivity index (χ1v) is 11.1. The number of guanidine groups is 1. The molecule has 1 heterocycles. The molecule has 3 rings (SSSR count). The van der Waals surface area contributed by atoms with Crippen LogP contribution in [0.2, 0.25) is 0 Å². The highest BCUT2D eigenvalue weighted by atomic mass is 19.1. The van der Waals surface area contributed by atoms with Crippen LogP contribution in [0.15, 0.2) is 53.5 Å². The third-order valence-corrected chi connectivity index (χ3v) is 5.31. The van der Waals surface area contributed by atoms with Crippen molar-refractivity contribution in [3.8, 4) is 5.75 Å². The summed E-state index contributed by atoms with van der Waals surface area (Å²) in [6.07, 6.45) is 2.77. The maximum Gasteiger partial charge on any atom is 0.321 e. The van der Waals surface area contributed by atoms with Crippen molar-refractivity contribution in [2.24, 2.45) is 4.99 Å². The van der Waals surface area contributed by atoms with E-state index in [-0.39, 0.29) is 18.0 Å². The smallest absolute Gasteiger partial charge is 0.321 e. The monoisotopic (exact) mass is 441 g/mol. The first kappa shape index (κ1) is 23.4. The molecule has 0 spiro atoms. The first-order valence-electron chi connectivity index (χ1n) is 11.1. The van der Waals surface area contributed by atoms with Crippen LogP contribution in [0.4, 0.5) is 14.9 Å². The molecule has 0 bridgehead atoms. The van der Waals surface area contributed by atoms with Gasteiger partial charge in [-0.25, -0.2) is 9.18 Å². The lowest BCUT2D eigenvalue weighted by atomic mass is 10.2. The highest BCUT2D eigenvalue weighted by molar-refractivity contribution is 5.89. The molecule has 1 atom stereocenters. The van der Waals surface area contributed by atoms with Crippen LogP contribution in [-0.4, -0.2) is 49.7 Å². The molecule has 0 radical (unpaired) electrons. The fourth-order valence-electron chi connectivity index (χ4n) is 3.50. The molecular weight excluding hydrogens is 409 g/mol. The van der Waals surface area contributed by atoms with E-state index in [0.717, 1.165) is 43.6 Å². The van der Waals surface area contributed by atoms with Crippen molar-refractivity contribution in [1.82, 2.24) is 15.5 Å². The molecule has 1 fully saturated rings. The largest absolute Gasteiger partial charge is 0.489 e. The van der Waals surface area contributed by atoms with E-state index in [0.29, 0.717) is 24.8 Å². The lowest BCUT2D eigenvalue weighted by Crippen LogP contribution is -2.42. The first-order chi connectivity index (χ1) is 15.6. The quantitative estimate of drug-likeness (QED) is 0.428. The van der Waals surface area contributed by atoms with Gasteiger partial charge in [-0.15, -0.1) is 0 Å². The Balaban J connectivity index is 1.47. The number of ether oxygens (including phenoxy) is 1. The van der Waals surface area contributed by atoms with Gasteiger partial charge in [-0.1, -0.05) is 25.1 Å². The summed E-state index contributed by atoms with van der Waals surface area (Å²) in [6, 6.07) is 13.9. The zero-order valence-corrected chi connectivity index (χ0v) is 18.7. The maximum atomic E-state index is 13.4. The number of carbonyl (C=O) groups is 1. The van der Waals surface area contributed by atoms with Gasteiger partial charge >= 0.3 is 6.03 Å². The number of urea groups is 1. The normalized spacial score (nSPS) is 14.7. The summed E-state index contributed by atoms with van der Waals surface area (Å²) in [5.74, 6) is 0.828. The highest BCUT2D eigenvalue weighted by Gasteiger charge is 2.17. The van der Waals surface area contributed by atoms with E-state index in [2.05, 4.69) is 20.9 Å². The number of amides is 2. The van der Waals surface area contributed by atoms with E-state index in [1.807, 2.05) is 36.1 Å². The number of carbonyl (C=O) groups excluding carboxylic acids is 1. The minimum absolute atomic E-state index is 0.0472. The Morgan fingerprint density at radius 2 is 1.94 bits per heavy atom. The van der Waals surface area contributed by atoms with Crippen LogP contribution < -0.4 is 20.7 Å². The van der Waals surface area contributed by atoms with Gasteiger partial charge in [0.15, 0.2) is 5.96 Å². The van der Waals surface area contributed by atoms with Crippen LogP contribution in [0, 0.1) is 5.82 Å². The zero-order valence-electron chi connectivity index (χ0n) is 18.7. The van der Waals surface area contributed by atoms with Gasteiger partial charge in [-0.05, 0) is 49.1 Å². The van der Waals surface area contributed by atoms with Gasteiger partial charge in [0.05, 0.1) is 6.54 Å². The molecule has 2 aromatic carbocycles. The molecule has 1 saturated heterocycles. The van der Waals surface area contributed by atoms with Crippen LogP contribution in [0.25, 0.3) is 0 Å². The fraction of sp³-hybridized carbons (Fsp3) is 0.417. The average molecular weight is 442 g/mol. The van der Waals surface area contributed by atoms with E-state index in [4.69, 9.17) is 4.74 Å². The molecule has 32 heavy (non-hydrogen) atoms. The Kier molecular flexibility index (Phi) is 8.71. The highest BCUT2D eigenvalue weighted by Crippen LogP contribution is 2.15. The molecule has 2 amide bonds. The molecule has 1 unspecified atom stereocenters. The van der Waals surface area contributed by atoms with Gasteiger partial charge in [-0.2, -0.15) is 0 Å². The van der Waals surface area contributed by atoms with E-state index in [1.54, 1.807) is 19.2 Å². The predicted molar refractivity (Wildman–Crippen MR) is 126 cm³/mol. The number of nitrogens with zero attached hydrogens (tertiary/aromatic N) is 2. The minimum atomic E-state index is -0.318. The summed E-state index contributed by atoms with van der Waals surface area (Å²) in [4.78, 5) is 18.4. The lowest BCUT2D eigenvalue weighted by Gasteiger charge is -2.20. The Morgan fingerprint density at radius 1 is 1.16 bits per heavy atom. The van der Waals surface area contributed by atoms with Gasteiger partial charge in [0.2, 0.25) is 0 Å². The summed E-state index contributed by atoms with van der Waals surface area (Å²) < 4.78 is 19.2. The van der Waals surface area contributed by atoms with Crippen LogP contribution in [0.3, 0.4) is 0 Å². The summed E-state index contributed by atoms with van der Waals surface area (Å²) in [5.41, 5.74) is 1.80. The van der Waals surface area contributed by atoms with Crippen molar-refractivity contribution < 1.29 is 13.9 Å². The lowest BCUT2D eigenvalue weighted by molar-refractivity contribution is 0.198. The Morgan fingerprint density at radius 3 is 2.66 bits per heavy atom. The van der Waals surface area contributed by atoms with E-state index in [9.17, 15) is 9.18 Å². The number of hydrogen-bond donors (Lipinski definition) is 3. The molecule has 8 heteroatoms. The number of nitrogens with one attached hydrogen (secondary N) is 3. The van der Waals surface area contributed by atoms with Crippen LogP contribution in [0.5, 0.6) is 5.75 Å². The second-order valence-corrected chi connectivity index (χ2v) is 7.74. The Bertz CT molecular complexity index is 915. The third-order valence-electron chi connectivity index (χ3n) is 5.31. The van der Waals surface area contributed by atoms with Crippen LogP contribution >= 0.6 is 0 Å². The molecule has 3 N–H and O–H groups in total. The molecule has 0 saturated carbocycles. The number of aliphatic imine (C=N–C) groups is 1. The van der Waals surface area contributed by atoms with Crippen molar-refractivity contribution in [3.63, 3.8) is 0 Å². The fourth-order valence-corrected chi connectivity index (χ4v) is 3.50. The SMILES string of the molecule is CCC(CNC(=NC)NCc1cccc(NC(=O)N2CCCC2)c1)Oc1cccc(F)c1. The molecular formula is C24H32FN5O2. The number of hydrogen-bond acceptors (Lipinski definition) is 3. The zero-order chi connectivity index (χ0) is 22.8. The Labute approximate surface area is 189 Å². The van der Waals surface area contributed by atoms with Gasteiger partial charge in [0, 0.05) is 38.4 Å². The molecule has 0 aliphatic carbocycles. The van der Waals surface area contributed by atoms with Gasteiger partial charge < -0.3 is 25.6 Å². The molecule has 1 aliphatic heterocycles. The van der Waals surface area contributed by atoms with Gasteiger partial charge in [0.25, 0.3) is 0 Å². The van der Waals surface area contributed by atoms with Crippen LogP contribution in [0.1, 0.15) is 31.7 Å². The molecule has 7 nitrogen and oxygen atoms in total. The number of benzene rings is 2. The van der Waals surface area contributed by atoms with Gasteiger partial charge in [-0.3, -0.25) is 4.99 Å². The predicted octanol–water partition coefficient (Wildman–Crippen LogP) is 3.98. The van der Waals surface area contributed by atoms with Crippen molar-refractivity contribution in [2.75, 3.05) is 32.0 Å². The van der Waals surface area contributed by atoms with Crippen LogP contribution in [-0.2, 0) is 6.54 Å². The summed E-state index contributed by atoms with van der Waals surface area (Å²) in [6.45, 7) is 4.73. The van der Waals surface area contributed by atoms with Crippen molar-refractivity contribution in [2.45, 2.75) is 38.8 Å². The molecule has 0 aromatic heterocycles. The molecule has 2 aromatic rings. The van der Waals surface area contributed by atoms with Crippen molar-refractivity contribution in [3.05, 3.63) is 59.9 Å². The second-order valence-electron chi connectivity index (χ2n) is 7.74. The van der Waals surface area contributed by atoms with E-state index in [1.165, 1.54) is 12.1 Å². The van der Waals surface area contributed by atoms with Crippen molar-refractivity contribution in [1.29, 1.82) is 0 Å². The van der Waals surface area contributed by atoms with Crippen molar-refractivity contribution >= 4 is 17.7 Å². The standard InChI is InChI=1S/C24H32FN5O2/c1-3-21(32-22-11-7-9-19(25)15-22)17-28-23(26-2)27-16-18-8-6-10-20(14-18)29-24(31)30-12-4-5-13-30/h6-11,14-15,21H,3-5,12-13,16-17H2,1-2H3,(H,29,31)(H2,26,27,28). The number of likely N-dealkylation sites (tertiary alicyclic amines) is 1. The summed E-state index contributed by atoms with van der Waals surface area (Å²) in [7, 11) is 1.70. The molecule has 172 valence electrons. The summed E-state index contributed by atoms with van der Waals surface area (Å²) >= 11 is 0. The Hall–Kier alpha value is -3.29. The number of rotatable bonds is 8.